The van der Waals surface area contributed by atoms with Gasteiger partial charge in [0.25, 0.3) is 0 Å². The third-order valence-electron chi connectivity index (χ3n) is 4.40. The minimum atomic E-state index is 0.797. The van der Waals surface area contributed by atoms with Crippen LogP contribution in [0.3, 0.4) is 0 Å². The summed E-state index contributed by atoms with van der Waals surface area (Å²) in [6.07, 6.45) is 2.76. The molecular formula is C19H24N4S. The minimum Gasteiger partial charge on any atom is -0.369 e. The summed E-state index contributed by atoms with van der Waals surface area (Å²) in [6.45, 7) is 7.09. The molecular weight excluding hydrogens is 316 g/mol. The number of aromatic nitrogens is 1. The van der Waals surface area contributed by atoms with Crippen LogP contribution in [0.1, 0.15) is 18.2 Å². The quantitative estimate of drug-likeness (QED) is 0.846. The maximum absolute atomic E-state index is 5.52. The average molecular weight is 340 g/mol. The molecule has 0 radical (unpaired) electrons. The molecule has 2 heterocycles. The van der Waals surface area contributed by atoms with Gasteiger partial charge in [-0.3, -0.25) is 9.88 Å². The van der Waals surface area contributed by atoms with Gasteiger partial charge in [0.15, 0.2) is 0 Å². The Morgan fingerprint density at radius 1 is 1.12 bits per heavy atom. The van der Waals surface area contributed by atoms with Crippen molar-refractivity contribution in [1.82, 2.24) is 15.2 Å². The normalized spacial score (nSPS) is 15.3. The second kappa shape index (κ2) is 8.22. The lowest BCUT2D eigenvalue weighted by Crippen LogP contribution is -2.50. The molecule has 4 nitrogen and oxygen atoms in total. The predicted molar refractivity (Wildman–Crippen MR) is 104 cm³/mol. The number of aryl methyl sites for hydroxylation is 1. The Bertz CT molecular complexity index is 666. The number of hydrogen-bond acceptors (Lipinski definition) is 4. The number of benzene rings is 1. The molecule has 5 heteroatoms. The van der Waals surface area contributed by atoms with Crippen LogP contribution in [0, 0.1) is 0 Å². The van der Waals surface area contributed by atoms with E-state index in [1.54, 1.807) is 0 Å². The predicted octanol–water partition coefficient (Wildman–Crippen LogP) is 2.69. The van der Waals surface area contributed by atoms with E-state index in [-0.39, 0.29) is 0 Å². The fourth-order valence-corrected chi connectivity index (χ4v) is 3.09. The molecule has 0 amide bonds. The molecule has 0 saturated carbocycles. The smallest absolute Gasteiger partial charge is 0.107 e. The molecule has 1 N–H and O–H groups in total. The molecule has 1 aromatic heterocycles. The van der Waals surface area contributed by atoms with Crippen molar-refractivity contribution in [2.75, 3.05) is 37.7 Å². The van der Waals surface area contributed by atoms with E-state index in [0.29, 0.717) is 0 Å². The molecule has 1 aromatic carbocycles. The number of pyridine rings is 1. The van der Waals surface area contributed by atoms with Gasteiger partial charge in [0.1, 0.15) is 4.99 Å². The van der Waals surface area contributed by atoms with Gasteiger partial charge in [0.2, 0.25) is 0 Å². The average Bonchev–Trinajstić information content (AvgIpc) is 2.67. The van der Waals surface area contributed by atoms with E-state index < -0.39 is 0 Å². The van der Waals surface area contributed by atoms with E-state index in [1.165, 1.54) is 5.69 Å². The van der Waals surface area contributed by atoms with E-state index in [9.17, 15) is 0 Å². The fourth-order valence-electron chi connectivity index (χ4n) is 2.90. The highest BCUT2D eigenvalue weighted by Gasteiger charge is 2.17. The van der Waals surface area contributed by atoms with E-state index in [0.717, 1.165) is 55.5 Å². The molecule has 3 rings (SSSR count). The van der Waals surface area contributed by atoms with E-state index in [4.69, 9.17) is 12.2 Å². The van der Waals surface area contributed by atoms with Crippen LogP contribution in [-0.2, 0) is 6.42 Å². The second-order valence-corrected chi connectivity index (χ2v) is 6.40. The highest BCUT2D eigenvalue weighted by Crippen LogP contribution is 2.15. The van der Waals surface area contributed by atoms with Crippen molar-refractivity contribution < 1.29 is 0 Å². The summed E-state index contributed by atoms with van der Waals surface area (Å²) in [5, 5.41) is 3.39. The van der Waals surface area contributed by atoms with Crippen molar-refractivity contribution in [1.29, 1.82) is 0 Å². The topological polar surface area (TPSA) is 31.4 Å². The number of nitrogens with zero attached hydrogens (tertiary/aromatic N) is 3. The number of hydrogen-bond donors (Lipinski definition) is 1. The number of nitrogens with one attached hydrogen (secondary N) is 1. The van der Waals surface area contributed by atoms with Crippen molar-refractivity contribution >= 4 is 22.9 Å². The maximum atomic E-state index is 5.52. The molecule has 1 saturated heterocycles. The molecule has 0 spiro atoms. The zero-order valence-electron chi connectivity index (χ0n) is 14.1. The molecule has 0 aliphatic carbocycles. The van der Waals surface area contributed by atoms with Crippen molar-refractivity contribution in [3.8, 4) is 0 Å². The third-order valence-corrected chi connectivity index (χ3v) is 4.78. The monoisotopic (exact) mass is 340 g/mol. The maximum Gasteiger partial charge on any atom is 0.107 e. The van der Waals surface area contributed by atoms with E-state index in [1.807, 2.05) is 12.3 Å². The van der Waals surface area contributed by atoms with Gasteiger partial charge in [-0.25, -0.2) is 0 Å². The zero-order chi connectivity index (χ0) is 16.8. The summed E-state index contributed by atoms with van der Waals surface area (Å²) in [6, 6.07) is 14.7. The molecule has 1 aliphatic heterocycles. The number of anilines is 1. The highest BCUT2D eigenvalue weighted by molar-refractivity contribution is 7.80. The van der Waals surface area contributed by atoms with Crippen molar-refractivity contribution in [3.63, 3.8) is 0 Å². The molecule has 0 unspecified atom stereocenters. The number of rotatable bonds is 5. The number of para-hydroxylation sites is 1. The Kier molecular flexibility index (Phi) is 5.77. The summed E-state index contributed by atoms with van der Waals surface area (Å²) in [5.41, 5.74) is 3.44. The lowest BCUT2D eigenvalue weighted by Gasteiger charge is -2.36. The van der Waals surface area contributed by atoms with E-state index >= 15 is 0 Å². The largest absolute Gasteiger partial charge is 0.369 e. The van der Waals surface area contributed by atoms with Crippen molar-refractivity contribution in [3.05, 3.63) is 59.9 Å². The lowest BCUT2D eigenvalue weighted by atomic mass is 10.2. The number of thiocarbonyl (C=S) groups is 1. The van der Waals surface area contributed by atoms with Crippen LogP contribution in [0.15, 0.2) is 48.7 Å². The third kappa shape index (κ3) is 4.30. The summed E-state index contributed by atoms with van der Waals surface area (Å²) in [4.78, 5) is 9.97. The first-order valence-corrected chi connectivity index (χ1v) is 8.92. The summed E-state index contributed by atoms with van der Waals surface area (Å²) < 4.78 is 0. The first-order valence-electron chi connectivity index (χ1n) is 8.51. The van der Waals surface area contributed by atoms with Gasteiger partial charge in [-0.15, -0.1) is 0 Å². The zero-order valence-corrected chi connectivity index (χ0v) is 14.9. The summed E-state index contributed by atoms with van der Waals surface area (Å²) >= 11 is 5.52. The van der Waals surface area contributed by atoms with Gasteiger partial charge in [0.05, 0.1) is 6.67 Å². The lowest BCUT2D eigenvalue weighted by molar-refractivity contribution is 0.254. The summed E-state index contributed by atoms with van der Waals surface area (Å²) in [5.74, 6) is 0. The molecule has 2 aromatic rings. The second-order valence-electron chi connectivity index (χ2n) is 5.99. The summed E-state index contributed by atoms with van der Waals surface area (Å²) in [7, 11) is 0. The van der Waals surface area contributed by atoms with Crippen LogP contribution in [-0.4, -0.2) is 47.7 Å². The minimum absolute atomic E-state index is 0.797. The first-order chi connectivity index (χ1) is 11.8. The molecule has 1 fully saturated rings. The van der Waals surface area contributed by atoms with Crippen LogP contribution in [0.4, 0.5) is 5.69 Å². The van der Waals surface area contributed by atoms with Crippen LogP contribution in [0.5, 0.6) is 0 Å². The van der Waals surface area contributed by atoms with Gasteiger partial charge in [0, 0.05) is 49.3 Å². The molecule has 126 valence electrons. The van der Waals surface area contributed by atoms with Crippen LogP contribution in [0.2, 0.25) is 0 Å². The Morgan fingerprint density at radius 3 is 2.58 bits per heavy atom. The SMILES string of the molecule is CCc1cc(C(=S)NCN2CCN(c3ccccc3)CC2)ccn1. The Balaban J connectivity index is 1.47. The van der Waals surface area contributed by atoms with E-state index in [2.05, 4.69) is 63.4 Å². The standard InChI is InChI=1S/C19H24N4S/c1-2-17-14-16(8-9-20-17)19(24)21-15-22-10-12-23(13-11-22)18-6-4-3-5-7-18/h3-9,14H,2,10-13,15H2,1H3,(H,21,24). The molecule has 0 bridgehead atoms. The first kappa shape index (κ1) is 16.9. The molecule has 1 aliphatic rings. The van der Waals surface area contributed by atoms with Crippen molar-refractivity contribution in [2.24, 2.45) is 0 Å². The van der Waals surface area contributed by atoms with Gasteiger partial charge in [-0.2, -0.15) is 0 Å². The Hall–Kier alpha value is -1.98. The van der Waals surface area contributed by atoms with Gasteiger partial charge in [-0.1, -0.05) is 37.3 Å². The molecule has 0 atom stereocenters. The van der Waals surface area contributed by atoms with Gasteiger partial charge in [-0.05, 0) is 30.7 Å². The van der Waals surface area contributed by atoms with Crippen molar-refractivity contribution in [2.45, 2.75) is 13.3 Å². The van der Waals surface area contributed by atoms with Crippen LogP contribution >= 0.6 is 12.2 Å². The van der Waals surface area contributed by atoms with Crippen LogP contribution in [0.25, 0.3) is 0 Å². The fraction of sp³-hybridized carbons (Fsp3) is 0.368. The Morgan fingerprint density at radius 2 is 1.88 bits per heavy atom. The van der Waals surface area contributed by atoms with Gasteiger partial charge >= 0.3 is 0 Å². The van der Waals surface area contributed by atoms with Crippen LogP contribution < -0.4 is 10.2 Å². The number of piperazine rings is 1. The molecule has 24 heavy (non-hydrogen) atoms. The Labute approximate surface area is 149 Å². The highest BCUT2D eigenvalue weighted by atomic mass is 32.1. The van der Waals surface area contributed by atoms with Gasteiger partial charge < -0.3 is 10.2 Å².